The monoisotopic (exact) mass is 289 g/mol. The molecule has 1 fully saturated rings. The first-order valence-electron chi connectivity index (χ1n) is 7.53. The van der Waals surface area contributed by atoms with Gasteiger partial charge in [0.05, 0.1) is 0 Å². The molecular weight excluding hydrogens is 266 g/mol. The molecule has 1 aromatic rings. The maximum atomic E-state index is 12.1. The van der Waals surface area contributed by atoms with Gasteiger partial charge in [0.25, 0.3) is 0 Å². The predicted molar refractivity (Wildman–Crippen MR) is 83.1 cm³/mol. The molecule has 0 aromatic heterocycles. The number of hydrogen-bond acceptors (Lipinski definition) is 3. The van der Waals surface area contributed by atoms with Crippen molar-refractivity contribution in [1.29, 1.82) is 0 Å². The third kappa shape index (κ3) is 4.21. The summed E-state index contributed by atoms with van der Waals surface area (Å²) >= 11 is 0. The number of benzene rings is 1. The fraction of sp³-hybridized carbons (Fsp3) is 0.500. The van der Waals surface area contributed by atoms with Crippen molar-refractivity contribution in [2.24, 2.45) is 0 Å². The van der Waals surface area contributed by atoms with Crippen LogP contribution in [0.25, 0.3) is 0 Å². The molecule has 1 heterocycles. The van der Waals surface area contributed by atoms with Crippen LogP contribution in [0.5, 0.6) is 0 Å². The number of hydrogen-bond donors (Lipinski definition) is 1. The summed E-state index contributed by atoms with van der Waals surface area (Å²) in [6.07, 6.45) is 2.31. The highest BCUT2D eigenvalue weighted by atomic mass is 16.2. The minimum atomic E-state index is 0.155. The average molecular weight is 289 g/mol. The largest absolute Gasteiger partial charge is 0.384 e. The maximum Gasteiger partial charge on any atom is 0.224 e. The van der Waals surface area contributed by atoms with Crippen molar-refractivity contribution in [3.63, 3.8) is 0 Å². The second-order valence-electron chi connectivity index (χ2n) is 5.21. The Hall–Kier alpha value is -2.04. The number of piperazine rings is 1. The highest BCUT2D eigenvalue weighted by Crippen LogP contribution is 2.15. The van der Waals surface area contributed by atoms with Crippen LogP contribution >= 0.6 is 0 Å². The van der Waals surface area contributed by atoms with Gasteiger partial charge < -0.3 is 15.1 Å². The summed E-state index contributed by atoms with van der Waals surface area (Å²) in [5.41, 5.74) is 2.38. The van der Waals surface area contributed by atoms with Gasteiger partial charge >= 0.3 is 0 Å². The third-order valence-electron chi connectivity index (χ3n) is 3.87. The van der Waals surface area contributed by atoms with Gasteiger partial charge in [-0.05, 0) is 18.1 Å². The molecule has 2 rings (SSSR count). The Balaban J connectivity index is 1.76. The molecule has 1 aromatic carbocycles. The zero-order chi connectivity index (χ0) is 15.1. The predicted octanol–water partition coefficient (Wildman–Crippen LogP) is 1.35. The molecule has 0 unspecified atom stereocenters. The van der Waals surface area contributed by atoms with Gasteiger partial charge in [-0.3, -0.25) is 9.59 Å². The number of para-hydroxylation sites is 1. The summed E-state index contributed by atoms with van der Waals surface area (Å²) in [6.45, 7) is 5.33. The first kappa shape index (κ1) is 15.4. The molecule has 1 aliphatic rings. The van der Waals surface area contributed by atoms with Gasteiger partial charge in [0, 0.05) is 44.8 Å². The van der Waals surface area contributed by atoms with Crippen LogP contribution in [0.4, 0.5) is 5.69 Å². The second-order valence-corrected chi connectivity index (χ2v) is 5.21. The quantitative estimate of drug-likeness (QED) is 0.804. The third-order valence-corrected chi connectivity index (χ3v) is 3.87. The Morgan fingerprint density at radius 2 is 1.95 bits per heavy atom. The smallest absolute Gasteiger partial charge is 0.224 e. The SMILES string of the molecule is CCc1ccccc1NCCC(=O)N1CCN(C=O)CC1. The van der Waals surface area contributed by atoms with E-state index in [1.54, 1.807) is 4.90 Å². The summed E-state index contributed by atoms with van der Waals surface area (Å²) in [4.78, 5) is 26.3. The van der Waals surface area contributed by atoms with E-state index in [0.717, 1.165) is 18.5 Å². The Morgan fingerprint density at radius 1 is 1.24 bits per heavy atom. The molecule has 1 saturated heterocycles. The van der Waals surface area contributed by atoms with E-state index in [9.17, 15) is 9.59 Å². The van der Waals surface area contributed by atoms with Crippen molar-refractivity contribution in [2.75, 3.05) is 38.0 Å². The molecule has 0 bridgehead atoms. The first-order chi connectivity index (χ1) is 10.2. The van der Waals surface area contributed by atoms with Crippen molar-refractivity contribution in [1.82, 2.24) is 9.80 Å². The van der Waals surface area contributed by atoms with Crippen LogP contribution in [0.2, 0.25) is 0 Å². The number of amides is 2. The molecule has 0 saturated carbocycles. The van der Waals surface area contributed by atoms with E-state index in [-0.39, 0.29) is 5.91 Å². The van der Waals surface area contributed by atoms with E-state index in [1.165, 1.54) is 5.56 Å². The van der Waals surface area contributed by atoms with Gasteiger partial charge in [-0.1, -0.05) is 25.1 Å². The molecule has 114 valence electrons. The van der Waals surface area contributed by atoms with E-state index in [4.69, 9.17) is 0 Å². The molecular formula is C16H23N3O2. The van der Waals surface area contributed by atoms with Crippen LogP contribution in [0.15, 0.2) is 24.3 Å². The lowest BCUT2D eigenvalue weighted by Crippen LogP contribution is -2.48. The Kier molecular flexibility index (Phi) is 5.60. The Morgan fingerprint density at radius 3 is 2.62 bits per heavy atom. The van der Waals surface area contributed by atoms with E-state index < -0.39 is 0 Å². The summed E-state index contributed by atoms with van der Waals surface area (Å²) in [5.74, 6) is 0.155. The minimum Gasteiger partial charge on any atom is -0.384 e. The van der Waals surface area contributed by atoms with Crippen LogP contribution in [0, 0.1) is 0 Å². The summed E-state index contributed by atoms with van der Waals surface area (Å²) in [5, 5.41) is 3.34. The molecule has 5 heteroatoms. The van der Waals surface area contributed by atoms with E-state index >= 15 is 0 Å². The van der Waals surface area contributed by atoms with Gasteiger partial charge in [0.15, 0.2) is 0 Å². The standard InChI is InChI=1S/C16H23N3O2/c1-2-14-5-3-4-6-15(14)17-8-7-16(21)19-11-9-18(13-20)10-12-19/h3-6,13,17H,2,7-12H2,1H3. The molecule has 0 spiro atoms. The zero-order valence-corrected chi connectivity index (χ0v) is 12.5. The number of nitrogens with zero attached hydrogens (tertiary/aromatic N) is 2. The number of nitrogens with one attached hydrogen (secondary N) is 1. The van der Waals surface area contributed by atoms with Crippen molar-refractivity contribution < 1.29 is 9.59 Å². The number of aryl methyl sites for hydroxylation is 1. The highest BCUT2D eigenvalue weighted by molar-refractivity contribution is 5.77. The highest BCUT2D eigenvalue weighted by Gasteiger charge is 2.19. The summed E-state index contributed by atoms with van der Waals surface area (Å²) < 4.78 is 0. The van der Waals surface area contributed by atoms with Gasteiger partial charge in [-0.2, -0.15) is 0 Å². The first-order valence-corrected chi connectivity index (χ1v) is 7.53. The molecule has 1 aliphatic heterocycles. The molecule has 21 heavy (non-hydrogen) atoms. The van der Waals surface area contributed by atoms with Gasteiger partial charge in [-0.25, -0.2) is 0 Å². The minimum absolute atomic E-state index is 0.155. The van der Waals surface area contributed by atoms with E-state index in [1.807, 2.05) is 23.1 Å². The molecule has 0 radical (unpaired) electrons. The molecule has 0 aliphatic carbocycles. The van der Waals surface area contributed by atoms with Crippen molar-refractivity contribution in [3.05, 3.63) is 29.8 Å². The van der Waals surface area contributed by atoms with Crippen molar-refractivity contribution >= 4 is 18.0 Å². The normalized spacial score (nSPS) is 14.9. The number of carbonyl (C=O) groups excluding carboxylic acids is 2. The Bertz CT molecular complexity index is 482. The number of carbonyl (C=O) groups is 2. The molecule has 1 N–H and O–H groups in total. The van der Waals surface area contributed by atoms with Gasteiger partial charge in [0.1, 0.15) is 0 Å². The second kappa shape index (κ2) is 7.67. The zero-order valence-electron chi connectivity index (χ0n) is 12.5. The van der Waals surface area contributed by atoms with Crippen molar-refractivity contribution in [3.8, 4) is 0 Å². The molecule has 2 amide bonds. The van der Waals surface area contributed by atoms with Gasteiger partial charge in [-0.15, -0.1) is 0 Å². The van der Waals surface area contributed by atoms with E-state index in [0.29, 0.717) is 39.1 Å². The van der Waals surface area contributed by atoms with E-state index in [2.05, 4.69) is 18.3 Å². The lowest BCUT2D eigenvalue weighted by atomic mass is 10.1. The number of rotatable bonds is 6. The van der Waals surface area contributed by atoms with Crippen LogP contribution in [0.3, 0.4) is 0 Å². The van der Waals surface area contributed by atoms with Crippen LogP contribution in [-0.2, 0) is 16.0 Å². The average Bonchev–Trinajstić information content (AvgIpc) is 2.55. The van der Waals surface area contributed by atoms with Gasteiger partial charge in [0.2, 0.25) is 12.3 Å². The van der Waals surface area contributed by atoms with Crippen molar-refractivity contribution in [2.45, 2.75) is 19.8 Å². The summed E-state index contributed by atoms with van der Waals surface area (Å²) in [6, 6.07) is 8.18. The number of anilines is 1. The molecule has 0 atom stereocenters. The fourth-order valence-electron chi connectivity index (χ4n) is 2.54. The van der Waals surface area contributed by atoms with Crippen LogP contribution < -0.4 is 5.32 Å². The lowest BCUT2D eigenvalue weighted by molar-refractivity contribution is -0.134. The lowest BCUT2D eigenvalue weighted by Gasteiger charge is -2.32. The van der Waals surface area contributed by atoms with Crippen LogP contribution in [-0.4, -0.2) is 54.8 Å². The summed E-state index contributed by atoms with van der Waals surface area (Å²) in [7, 11) is 0. The Labute approximate surface area is 125 Å². The maximum absolute atomic E-state index is 12.1. The fourth-order valence-corrected chi connectivity index (χ4v) is 2.54. The van der Waals surface area contributed by atoms with Crippen LogP contribution in [0.1, 0.15) is 18.9 Å². The molecule has 5 nitrogen and oxygen atoms in total. The topological polar surface area (TPSA) is 52.7 Å².